The van der Waals surface area contributed by atoms with Gasteiger partial charge in [-0.05, 0) is 37.1 Å². The molecule has 0 aliphatic carbocycles. The third kappa shape index (κ3) is 4.97. The van der Waals surface area contributed by atoms with Crippen LogP contribution in [0, 0.1) is 6.92 Å². The predicted octanol–water partition coefficient (Wildman–Crippen LogP) is 4.05. The monoisotopic (exact) mass is 423 g/mol. The number of aromatic amines is 1. The van der Waals surface area contributed by atoms with Crippen molar-refractivity contribution in [2.45, 2.75) is 31.5 Å². The van der Waals surface area contributed by atoms with Gasteiger partial charge in [0, 0.05) is 12.1 Å². The van der Waals surface area contributed by atoms with Gasteiger partial charge in [0.2, 0.25) is 5.91 Å². The fourth-order valence-corrected chi connectivity index (χ4v) is 4.08. The number of thioether (sulfide) groups is 1. The normalized spacial score (nSPS) is 13.7. The Kier molecular flexibility index (Phi) is 6.28. The maximum absolute atomic E-state index is 12.4. The van der Waals surface area contributed by atoms with Gasteiger partial charge < -0.3 is 19.8 Å². The van der Waals surface area contributed by atoms with Gasteiger partial charge in [0.15, 0.2) is 16.7 Å². The van der Waals surface area contributed by atoms with Crippen molar-refractivity contribution in [3.63, 3.8) is 0 Å². The minimum Gasteiger partial charge on any atom is -0.486 e. The molecular formula is C23H25N3O3S. The van der Waals surface area contributed by atoms with Crippen molar-refractivity contribution in [1.82, 2.24) is 15.3 Å². The molecule has 3 aromatic rings. The minimum absolute atomic E-state index is 0.0407. The van der Waals surface area contributed by atoms with E-state index in [1.54, 1.807) is 0 Å². The van der Waals surface area contributed by atoms with Crippen molar-refractivity contribution in [2.75, 3.05) is 19.0 Å². The van der Waals surface area contributed by atoms with E-state index in [9.17, 15) is 4.79 Å². The number of hydrogen-bond acceptors (Lipinski definition) is 5. The van der Waals surface area contributed by atoms with E-state index in [1.807, 2.05) is 50.2 Å². The van der Waals surface area contributed by atoms with Crippen molar-refractivity contribution in [3.8, 4) is 11.5 Å². The molecule has 1 aliphatic rings. The lowest BCUT2D eigenvalue weighted by Crippen LogP contribution is -2.28. The van der Waals surface area contributed by atoms with Gasteiger partial charge in [0.25, 0.3) is 0 Å². The summed E-state index contributed by atoms with van der Waals surface area (Å²) in [4.78, 5) is 20.4. The second-order valence-corrected chi connectivity index (χ2v) is 8.22. The summed E-state index contributed by atoms with van der Waals surface area (Å²) in [7, 11) is 0. The van der Waals surface area contributed by atoms with Crippen LogP contribution in [0.2, 0.25) is 0 Å². The van der Waals surface area contributed by atoms with Crippen LogP contribution in [0.25, 0.3) is 0 Å². The molecule has 2 aromatic carbocycles. The van der Waals surface area contributed by atoms with Crippen LogP contribution < -0.4 is 14.8 Å². The summed E-state index contributed by atoms with van der Waals surface area (Å²) in [5.74, 6) is 1.73. The third-order valence-electron chi connectivity index (χ3n) is 4.96. The van der Waals surface area contributed by atoms with Crippen molar-refractivity contribution in [1.29, 1.82) is 0 Å². The smallest absolute Gasteiger partial charge is 0.230 e. The van der Waals surface area contributed by atoms with E-state index in [4.69, 9.17) is 9.47 Å². The second kappa shape index (κ2) is 9.26. The highest BCUT2D eigenvalue weighted by Crippen LogP contribution is 2.32. The third-order valence-corrected chi connectivity index (χ3v) is 5.84. The molecule has 156 valence electrons. The first-order chi connectivity index (χ1) is 14.6. The number of fused-ring (bicyclic) bond motifs is 1. The first-order valence-corrected chi connectivity index (χ1v) is 11.0. The number of benzene rings is 2. The molecule has 0 spiro atoms. The highest BCUT2D eigenvalue weighted by molar-refractivity contribution is 7.99. The zero-order valence-corrected chi connectivity index (χ0v) is 17.9. The van der Waals surface area contributed by atoms with Crippen LogP contribution >= 0.6 is 11.8 Å². The SMILES string of the molecule is Cc1[nH]c(SCC(=O)N[C@H](C)c2ccc3c(c2)OCCO3)nc1Cc1ccccc1. The minimum atomic E-state index is -0.124. The van der Waals surface area contributed by atoms with E-state index < -0.39 is 0 Å². The summed E-state index contributed by atoms with van der Waals surface area (Å²) in [5, 5.41) is 3.80. The van der Waals surface area contributed by atoms with E-state index in [0.717, 1.165) is 40.0 Å². The summed E-state index contributed by atoms with van der Waals surface area (Å²) in [6.45, 7) is 5.08. The second-order valence-electron chi connectivity index (χ2n) is 7.26. The summed E-state index contributed by atoms with van der Waals surface area (Å²) < 4.78 is 11.2. The van der Waals surface area contributed by atoms with Crippen LogP contribution in [-0.4, -0.2) is 34.8 Å². The molecule has 7 heteroatoms. The lowest BCUT2D eigenvalue weighted by atomic mass is 10.1. The molecule has 1 atom stereocenters. The van der Waals surface area contributed by atoms with Gasteiger partial charge in [0.05, 0.1) is 17.5 Å². The van der Waals surface area contributed by atoms with Gasteiger partial charge in [-0.3, -0.25) is 4.79 Å². The number of hydrogen-bond donors (Lipinski definition) is 2. The Balaban J connectivity index is 1.31. The molecule has 0 unspecified atom stereocenters. The number of nitrogens with one attached hydrogen (secondary N) is 2. The van der Waals surface area contributed by atoms with Crippen molar-refractivity contribution in [3.05, 3.63) is 71.0 Å². The Morgan fingerprint density at radius 2 is 1.93 bits per heavy atom. The number of aromatic nitrogens is 2. The standard InChI is InChI=1S/C23H25N3O3S/c1-15(18-8-9-20-21(13-18)29-11-10-28-20)24-22(27)14-30-23-25-16(2)19(26-23)12-17-6-4-3-5-7-17/h3-9,13,15H,10-12,14H2,1-2H3,(H,24,27)(H,25,26)/t15-/m1/s1. The Morgan fingerprint density at radius 1 is 1.17 bits per heavy atom. The summed E-state index contributed by atoms with van der Waals surface area (Å²) in [6, 6.07) is 15.9. The molecule has 0 radical (unpaired) electrons. The van der Waals surface area contributed by atoms with E-state index in [-0.39, 0.29) is 11.9 Å². The molecule has 0 bridgehead atoms. The van der Waals surface area contributed by atoms with Crippen molar-refractivity contribution in [2.24, 2.45) is 0 Å². The number of carbonyl (C=O) groups is 1. The quantitative estimate of drug-likeness (QED) is 0.561. The lowest BCUT2D eigenvalue weighted by molar-refractivity contribution is -0.119. The fourth-order valence-electron chi connectivity index (χ4n) is 3.33. The highest BCUT2D eigenvalue weighted by atomic mass is 32.2. The van der Waals surface area contributed by atoms with Gasteiger partial charge >= 0.3 is 0 Å². The fraction of sp³-hybridized carbons (Fsp3) is 0.304. The Labute approximate surface area is 180 Å². The van der Waals surface area contributed by atoms with Crippen LogP contribution in [0.1, 0.15) is 35.5 Å². The molecule has 1 amide bonds. The number of imidazole rings is 1. The van der Waals surface area contributed by atoms with E-state index >= 15 is 0 Å². The van der Waals surface area contributed by atoms with Crippen LogP contribution in [0.15, 0.2) is 53.7 Å². The van der Waals surface area contributed by atoms with Crippen molar-refractivity contribution < 1.29 is 14.3 Å². The maximum Gasteiger partial charge on any atom is 0.230 e. The average Bonchev–Trinajstić information content (AvgIpc) is 3.11. The zero-order valence-electron chi connectivity index (χ0n) is 17.1. The lowest BCUT2D eigenvalue weighted by Gasteiger charge is -2.21. The summed E-state index contributed by atoms with van der Waals surface area (Å²) >= 11 is 1.41. The van der Waals surface area contributed by atoms with E-state index in [1.165, 1.54) is 17.3 Å². The number of nitrogens with zero attached hydrogens (tertiary/aromatic N) is 1. The Hall–Kier alpha value is -2.93. The number of H-pyrrole nitrogens is 1. The summed E-state index contributed by atoms with van der Waals surface area (Å²) in [5.41, 5.74) is 4.24. The number of rotatable bonds is 7. The van der Waals surface area contributed by atoms with Crippen molar-refractivity contribution >= 4 is 17.7 Å². The highest BCUT2D eigenvalue weighted by Gasteiger charge is 2.16. The van der Waals surface area contributed by atoms with Crippen LogP contribution in [0.4, 0.5) is 0 Å². The number of aryl methyl sites for hydroxylation is 1. The van der Waals surface area contributed by atoms with Crippen LogP contribution in [0.5, 0.6) is 11.5 Å². The Bertz CT molecular complexity index is 1020. The van der Waals surface area contributed by atoms with Gasteiger partial charge in [-0.2, -0.15) is 0 Å². The molecule has 6 nitrogen and oxygen atoms in total. The zero-order chi connectivity index (χ0) is 20.9. The number of amides is 1. The largest absolute Gasteiger partial charge is 0.486 e. The molecule has 2 heterocycles. The van der Waals surface area contributed by atoms with Gasteiger partial charge in [-0.1, -0.05) is 48.2 Å². The molecular weight excluding hydrogens is 398 g/mol. The average molecular weight is 424 g/mol. The van der Waals surface area contributed by atoms with Gasteiger partial charge in [0.1, 0.15) is 13.2 Å². The van der Waals surface area contributed by atoms with Gasteiger partial charge in [-0.15, -0.1) is 0 Å². The maximum atomic E-state index is 12.4. The molecule has 4 rings (SSSR count). The molecule has 1 aromatic heterocycles. The van der Waals surface area contributed by atoms with Gasteiger partial charge in [-0.25, -0.2) is 4.98 Å². The van der Waals surface area contributed by atoms with E-state index in [0.29, 0.717) is 19.0 Å². The molecule has 1 aliphatic heterocycles. The molecule has 30 heavy (non-hydrogen) atoms. The Morgan fingerprint density at radius 3 is 2.73 bits per heavy atom. The van der Waals surface area contributed by atoms with Crippen LogP contribution in [0.3, 0.4) is 0 Å². The first kappa shape index (κ1) is 20.3. The first-order valence-electron chi connectivity index (χ1n) is 9.99. The molecule has 0 saturated carbocycles. The molecule has 0 saturated heterocycles. The number of ether oxygens (including phenoxy) is 2. The number of carbonyl (C=O) groups excluding carboxylic acids is 1. The molecule has 2 N–H and O–H groups in total. The predicted molar refractivity (Wildman–Crippen MR) is 117 cm³/mol. The van der Waals surface area contributed by atoms with E-state index in [2.05, 4.69) is 27.4 Å². The summed E-state index contributed by atoms with van der Waals surface area (Å²) in [6.07, 6.45) is 0.775. The van der Waals surface area contributed by atoms with Crippen LogP contribution in [-0.2, 0) is 11.2 Å². The molecule has 0 fully saturated rings. The topological polar surface area (TPSA) is 76.2 Å².